The van der Waals surface area contributed by atoms with Gasteiger partial charge >= 0.3 is 0 Å². The van der Waals surface area contributed by atoms with E-state index in [0.29, 0.717) is 23.7 Å². The normalized spacial score (nSPS) is 32.0. The van der Waals surface area contributed by atoms with Crippen molar-refractivity contribution in [1.82, 2.24) is 0 Å². The van der Waals surface area contributed by atoms with Crippen LogP contribution in [-0.2, 0) is 4.74 Å². The highest BCUT2D eigenvalue weighted by Gasteiger charge is 2.37. The molecule has 0 radical (unpaired) electrons. The molecule has 0 spiro atoms. The van der Waals surface area contributed by atoms with Crippen molar-refractivity contribution >= 4 is 5.71 Å². The molecule has 3 heteroatoms. The fraction of sp³-hybridized carbons (Fsp3) is 0.864. The molecular weight excluding hydrogens is 308 g/mol. The summed E-state index contributed by atoms with van der Waals surface area (Å²) in [7, 11) is 0. The van der Waals surface area contributed by atoms with E-state index in [1.807, 2.05) is 13.8 Å². The molecule has 0 bridgehead atoms. The lowest BCUT2D eigenvalue weighted by atomic mass is 9.72. The van der Waals surface area contributed by atoms with E-state index in [-0.39, 0.29) is 0 Å². The molecule has 0 heterocycles. The van der Waals surface area contributed by atoms with E-state index in [0.717, 1.165) is 30.9 Å². The molecule has 1 unspecified atom stereocenters. The summed E-state index contributed by atoms with van der Waals surface area (Å²) in [5.74, 6) is 0.839. The van der Waals surface area contributed by atoms with Gasteiger partial charge in [-0.3, -0.25) is 4.99 Å². The van der Waals surface area contributed by atoms with E-state index in [2.05, 4.69) is 39.8 Å². The number of rotatable bonds is 6. The van der Waals surface area contributed by atoms with Gasteiger partial charge in [-0.1, -0.05) is 33.8 Å². The van der Waals surface area contributed by atoms with Crippen molar-refractivity contribution < 1.29 is 4.74 Å². The van der Waals surface area contributed by atoms with Gasteiger partial charge in [-0.05, 0) is 76.2 Å². The Balaban J connectivity index is 1.90. The van der Waals surface area contributed by atoms with Gasteiger partial charge in [-0.15, -0.1) is 0 Å². The van der Waals surface area contributed by atoms with Crippen LogP contribution in [0.15, 0.2) is 17.1 Å². The molecule has 2 aliphatic rings. The Kier molecular flexibility index (Phi) is 6.89. The minimum atomic E-state index is -0.392. The van der Waals surface area contributed by atoms with Gasteiger partial charge in [0.2, 0.25) is 0 Å². The lowest BCUT2D eigenvalue weighted by Gasteiger charge is -2.41. The van der Waals surface area contributed by atoms with E-state index in [1.54, 1.807) is 0 Å². The minimum absolute atomic E-state index is 0.291. The Morgan fingerprint density at radius 1 is 1.04 bits per heavy atom. The van der Waals surface area contributed by atoms with Gasteiger partial charge in [-0.25, -0.2) is 0 Å². The van der Waals surface area contributed by atoms with Crippen LogP contribution in [0, 0.1) is 11.3 Å². The first-order chi connectivity index (χ1) is 11.6. The van der Waals surface area contributed by atoms with Crippen molar-refractivity contribution in [3.8, 4) is 0 Å². The Morgan fingerprint density at radius 2 is 1.68 bits per heavy atom. The van der Waals surface area contributed by atoms with Crippen LogP contribution in [0.3, 0.4) is 0 Å². The number of nitrogens with two attached hydrogens (primary N) is 1. The van der Waals surface area contributed by atoms with Gasteiger partial charge in [0.05, 0.1) is 29.5 Å². The Labute approximate surface area is 155 Å². The van der Waals surface area contributed by atoms with Crippen LogP contribution in [0.25, 0.3) is 0 Å². The molecular formula is C22H40N2O. The molecule has 144 valence electrons. The lowest BCUT2D eigenvalue weighted by Crippen LogP contribution is -2.46. The third-order valence-corrected chi connectivity index (χ3v) is 5.92. The number of hydrogen-bond acceptors (Lipinski definition) is 3. The van der Waals surface area contributed by atoms with Gasteiger partial charge < -0.3 is 10.5 Å². The topological polar surface area (TPSA) is 47.6 Å². The van der Waals surface area contributed by atoms with Crippen molar-refractivity contribution in [2.75, 3.05) is 0 Å². The molecule has 2 rings (SSSR count). The van der Waals surface area contributed by atoms with E-state index in [1.165, 1.54) is 25.7 Å². The average molecular weight is 349 g/mol. The summed E-state index contributed by atoms with van der Waals surface area (Å²) in [6, 6.07) is 0.291. The molecule has 0 aliphatic heterocycles. The van der Waals surface area contributed by atoms with Crippen LogP contribution < -0.4 is 5.73 Å². The summed E-state index contributed by atoms with van der Waals surface area (Å²) in [4.78, 5) is 4.97. The number of allylic oxidation sites excluding steroid dienone is 1. The van der Waals surface area contributed by atoms with Crippen molar-refractivity contribution in [2.45, 2.75) is 110 Å². The highest BCUT2D eigenvalue weighted by atomic mass is 16.5. The average Bonchev–Trinajstić information content (AvgIpc) is 2.50. The van der Waals surface area contributed by atoms with E-state index in [4.69, 9.17) is 15.5 Å². The number of nitrogens with zero attached hydrogens (tertiary/aromatic N) is 1. The summed E-state index contributed by atoms with van der Waals surface area (Å²) < 4.78 is 6.45. The quantitative estimate of drug-likeness (QED) is 0.664. The minimum Gasteiger partial charge on any atom is -0.373 e. The first-order valence-corrected chi connectivity index (χ1v) is 10.3. The van der Waals surface area contributed by atoms with Gasteiger partial charge in [0.25, 0.3) is 0 Å². The Hall–Kier alpha value is -0.670. The predicted molar refractivity (Wildman–Crippen MR) is 108 cm³/mol. The highest BCUT2D eigenvalue weighted by molar-refractivity contribution is 6.02. The van der Waals surface area contributed by atoms with Gasteiger partial charge in [-0.2, -0.15) is 0 Å². The maximum atomic E-state index is 6.45. The predicted octanol–water partition coefficient (Wildman–Crippen LogP) is 5.28. The summed E-state index contributed by atoms with van der Waals surface area (Å²) in [5.41, 5.74) is 7.35. The van der Waals surface area contributed by atoms with Gasteiger partial charge in [0, 0.05) is 0 Å². The molecule has 2 atom stereocenters. The van der Waals surface area contributed by atoms with Crippen LogP contribution >= 0.6 is 0 Å². The van der Waals surface area contributed by atoms with Crippen LogP contribution in [0.2, 0.25) is 0 Å². The molecule has 0 amide bonds. The van der Waals surface area contributed by atoms with E-state index >= 15 is 0 Å². The van der Waals surface area contributed by atoms with Crippen LogP contribution in [-0.4, -0.2) is 29.5 Å². The van der Waals surface area contributed by atoms with Gasteiger partial charge in [0.1, 0.15) is 0 Å². The smallest absolute Gasteiger partial charge is 0.0803 e. The van der Waals surface area contributed by atoms with Crippen molar-refractivity contribution in [1.29, 1.82) is 0 Å². The van der Waals surface area contributed by atoms with Crippen LogP contribution in [0.1, 0.15) is 86.5 Å². The molecule has 2 N–H and O–H groups in total. The largest absolute Gasteiger partial charge is 0.373 e. The molecule has 3 nitrogen and oxygen atoms in total. The standard InChI is InChI=1S/C22H40N2O/c1-7-8-9-20(22(5,6)23)24-18-14-15-19(18)25-17-12-10-16(11-13-17)21(2,3)4/h8-9,16-19H,7,10-15,23H2,1-6H3/b9-8-,24-20+/t16-,17-,18-,19?/m0/s1. The lowest BCUT2D eigenvalue weighted by molar-refractivity contribution is -0.0845. The first kappa shape index (κ1) is 20.6. The molecule has 0 aromatic heterocycles. The monoisotopic (exact) mass is 348 g/mol. The van der Waals surface area contributed by atoms with Gasteiger partial charge in [0.15, 0.2) is 0 Å². The van der Waals surface area contributed by atoms with Crippen molar-refractivity contribution in [2.24, 2.45) is 22.1 Å². The zero-order valence-corrected chi connectivity index (χ0v) is 17.3. The zero-order chi connectivity index (χ0) is 18.7. The molecule has 25 heavy (non-hydrogen) atoms. The fourth-order valence-corrected chi connectivity index (χ4v) is 3.90. The van der Waals surface area contributed by atoms with Crippen LogP contribution in [0.4, 0.5) is 0 Å². The zero-order valence-electron chi connectivity index (χ0n) is 17.3. The van der Waals surface area contributed by atoms with E-state index in [9.17, 15) is 0 Å². The third-order valence-electron chi connectivity index (χ3n) is 5.92. The summed E-state index contributed by atoms with van der Waals surface area (Å²) in [6.07, 6.45) is 13.3. The Bertz CT molecular complexity index is 473. The summed E-state index contributed by atoms with van der Waals surface area (Å²) >= 11 is 0. The number of aliphatic imine (C=N–C) groups is 1. The molecule has 2 saturated carbocycles. The summed E-state index contributed by atoms with van der Waals surface area (Å²) in [6.45, 7) is 13.3. The molecule has 0 aromatic carbocycles. The SMILES string of the molecule is CC/C=C\C(=N/[C@H]1CCC1O[C@H]1CC[C@H](C(C)(C)C)CC1)C(C)(C)N. The van der Waals surface area contributed by atoms with E-state index < -0.39 is 5.54 Å². The molecule has 2 aliphatic carbocycles. The maximum Gasteiger partial charge on any atom is 0.0803 e. The Morgan fingerprint density at radius 3 is 2.12 bits per heavy atom. The summed E-state index contributed by atoms with van der Waals surface area (Å²) in [5, 5.41) is 0. The third kappa shape index (κ3) is 5.92. The maximum absolute atomic E-state index is 6.45. The second-order valence-corrected chi connectivity index (χ2v) is 9.71. The molecule has 2 fully saturated rings. The second-order valence-electron chi connectivity index (χ2n) is 9.71. The first-order valence-electron chi connectivity index (χ1n) is 10.3. The molecule has 0 saturated heterocycles. The number of ether oxygens (including phenoxy) is 1. The second kappa shape index (κ2) is 8.35. The fourth-order valence-electron chi connectivity index (χ4n) is 3.90. The molecule has 0 aromatic rings. The van der Waals surface area contributed by atoms with Crippen molar-refractivity contribution in [3.05, 3.63) is 12.2 Å². The highest BCUT2D eigenvalue weighted by Crippen LogP contribution is 2.40. The number of hydrogen-bond donors (Lipinski definition) is 1. The van der Waals surface area contributed by atoms with Crippen LogP contribution in [0.5, 0.6) is 0 Å². The van der Waals surface area contributed by atoms with Crippen molar-refractivity contribution in [3.63, 3.8) is 0 Å².